The molecule has 1 aliphatic rings. The van der Waals surface area contributed by atoms with Crippen LogP contribution in [-0.2, 0) is 11.2 Å². The standard InChI is InChI=1S/C26H30N6O2/c1-6-17-12-19(20-11-16(2)24-27-15-28-32(24)14-20)13-21-22(17)23(30-29-21)18-7-9-31(10-8-18)25(33)34-26(3,4)5/h7,11-15H,6,8-10H2,1-5H3,(H,29,30). The summed E-state index contributed by atoms with van der Waals surface area (Å²) in [6, 6.07) is 6.55. The number of amides is 1. The van der Waals surface area contributed by atoms with Crippen LogP contribution in [-0.4, -0.2) is 54.5 Å². The highest BCUT2D eigenvalue weighted by molar-refractivity contribution is 5.96. The number of aromatic amines is 1. The fourth-order valence-electron chi connectivity index (χ4n) is 4.55. The SMILES string of the molecule is CCc1cc(-c2cc(C)c3ncnn3c2)cc2[nH]nc(C3=CCN(C(=O)OC(C)(C)C)CC3)c12. The number of nitrogens with zero attached hydrogens (tertiary/aromatic N) is 5. The van der Waals surface area contributed by atoms with Gasteiger partial charge in [-0.1, -0.05) is 19.1 Å². The number of carbonyl (C=O) groups is 1. The first-order valence-corrected chi connectivity index (χ1v) is 11.7. The summed E-state index contributed by atoms with van der Waals surface area (Å²) in [6.07, 6.45) is 7.05. The number of nitrogens with one attached hydrogen (secondary N) is 1. The average Bonchev–Trinajstić information content (AvgIpc) is 3.45. The van der Waals surface area contributed by atoms with Crippen LogP contribution < -0.4 is 0 Å². The van der Waals surface area contributed by atoms with Gasteiger partial charge in [0.25, 0.3) is 0 Å². The monoisotopic (exact) mass is 458 g/mol. The van der Waals surface area contributed by atoms with Crippen LogP contribution in [0, 0.1) is 6.92 Å². The van der Waals surface area contributed by atoms with E-state index < -0.39 is 5.60 Å². The lowest BCUT2D eigenvalue weighted by Crippen LogP contribution is -2.39. The summed E-state index contributed by atoms with van der Waals surface area (Å²) in [5.41, 5.74) is 8.05. The Balaban J connectivity index is 1.48. The summed E-state index contributed by atoms with van der Waals surface area (Å²) in [6.45, 7) is 11.0. The Morgan fingerprint density at radius 2 is 2.03 bits per heavy atom. The van der Waals surface area contributed by atoms with E-state index in [1.54, 1.807) is 11.2 Å². The third kappa shape index (κ3) is 4.04. The third-order valence-corrected chi connectivity index (χ3v) is 6.18. The van der Waals surface area contributed by atoms with E-state index >= 15 is 0 Å². The number of carbonyl (C=O) groups excluding carboxylic acids is 1. The molecule has 0 fully saturated rings. The molecule has 0 saturated heterocycles. The molecule has 4 heterocycles. The van der Waals surface area contributed by atoms with E-state index in [-0.39, 0.29) is 6.09 Å². The second-order valence-electron chi connectivity index (χ2n) is 9.83. The molecule has 0 saturated carbocycles. The molecule has 34 heavy (non-hydrogen) atoms. The van der Waals surface area contributed by atoms with Gasteiger partial charge in [0.1, 0.15) is 11.9 Å². The van der Waals surface area contributed by atoms with Crippen molar-refractivity contribution >= 4 is 28.2 Å². The molecule has 1 N–H and O–H groups in total. The van der Waals surface area contributed by atoms with Crippen LogP contribution in [0.1, 0.15) is 50.9 Å². The summed E-state index contributed by atoms with van der Waals surface area (Å²) < 4.78 is 7.34. The molecule has 4 aromatic rings. The molecule has 1 amide bonds. The molecular formula is C26H30N6O2. The minimum absolute atomic E-state index is 0.270. The lowest BCUT2D eigenvalue weighted by molar-refractivity contribution is 0.0270. The van der Waals surface area contributed by atoms with Gasteiger partial charge in [-0.3, -0.25) is 5.10 Å². The Labute approximate surface area is 198 Å². The van der Waals surface area contributed by atoms with Gasteiger partial charge in [-0.15, -0.1) is 0 Å². The van der Waals surface area contributed by atoms with Crippen molar-refractivity contribution in [2.45, 2.75) is 53.1 Å². The fourth-order valence-corrected chi connectivity index (χ4v) is 4.55. The third-order valence-electron chi connectivity index (χ3n) is 6.18. The van der Waals surface area contributed by atoms with Gasteiger partial charge >= 0.3 is 6.09 Å². The number of benzene rings is 1. The number of hydrogen-bond donors (Lipinski definition) is 1. The molecule has 5 rings (SSSR count). The number of H-pyrrole nitrogens is 1. The van der Waals surface area contributed by atoms with Crippen molar-refractivity contribution in [3.05, 3.63) is 53.6 Å². The van der Waals surface area contributed by atoms with Gasteiger partial charge in [-0.25, -0.2) is 14.3 Å². The molecule has 0 spiro atoms. The van der Waals surface area contributed by atoms with Crippen LogP contribution in [0.2, 0.25) is 0 Å². The van der Waals surface area contributed by atoms with Crippen molar-refractivity contribution in [1.82, 2.24) is 29.7 Å². The zero-order chi connectivity index (χ0) is 24.0. The number of aromatic nitrogens is 5. The van der Waals surface area contributed by atoms with Gasteiger partial charge in [0.2, 0.25) is 0 Å². The number of fused-ring (bicyclic) bond motifs is 2. The van der Waals surface area contributed by atoms with Gasteiger partial charge < -0.3 is 9.64 Å². The molecule has 0 unspecified atom stereocenters. The van der Waals surface area contributed by atoms with Crippen LogP contribution in [0.3, 0.4) is 0 Å². The Hall–Kier alpha value is -3.68. The van der Waals surface area contributed by atoms with Gasteiger partial charge in [0.15, 0.2) is 5.65 Å². The van der Waals surface area contributed by atoms with E-state index in [0.717, 1.165) is 57.3 Å². The largest absolute Gasteiger partial charge is 0.444 e. The molecule has 0 aliphatic carbocycles. The van der Waals surface area contributed by atoms with Crippen LogP contribution >= 0.6 is 0 Å². The van der Waals surface area contributed by atoms with Gasteiger partial charge in [0, 0.05) is 30.2 Å². The molecule has 0 bridgehead atoms. The summed E-state index contributed by atoms with van der Waals surface area (Å²) >= 11 is 0. The number of hydrogen-bond acceptors (Lipinski definition) is 5. The Morgan fingerprint density at radius 3 is 2.74 bits per heavy atom. The predicted molar refractivity (Wildman–Crippen MR) is 133 cm³/mol. The highest BCUT2D eigenvalue weighted by Crippen LogP contribution is 2.34. The van der Waals surface area contributed by atoms with Crippen molar-refractivity contribution < 1.29 is 9.53 Å². The number of pyridine rings is 1. The predicted octanol–water partition coefficient (Wildman–Crippen LogP) is 5.17. The van der Waals surface area contributed by atoms with Gasteiger partial charge in [0.05, 0.1) is 11.2 Å². The minimum Gasteiger partial charge on any atom is -0.444 e. The highest BCUT2D eigenvalue weighted by Gasteiger charge is 2.25. The molecule has 8 nitrogen and oxygen atoms in total. The van der Waals surface area contributed by atoms with Crippen molar-refractivity contribution in [3.8, 4) is 11.1 Å². The summed E-state index contributed by atoms with van der Waals surface area (Å²) in [4.78, 5) is 18.5. The molecular weight excluding hydrogens is 428 g/mol. The van der Waals surface area contributed by atoms with Crippen LogP contribution in [0.5, 0.6) is 0 Å². The maximum atomic E-state index is 12.4. The van der Waals surface area contributed by atoms with Crippen molar-refractivity contribution in [1.29, 1.82) is 0 Å². The fraction of sp³-hybridized carbons (Fsp3) is 0.385. The van der Waals surface area contributed by atoms with Gasteiger partial charge in [-0.2, -0.15) is 10.2 Å². The lowest BCUT2D eigenvalue weighted by atomic mass is 9.94. The van der Waals surface area contributed by atoms with E-state index in [0.29, 0.717) is 13.1 Å². The Kier molecular flexibility index (Phi) is 5.38. The minimum atomic E-state index is -0.496. The Bertz CT molecular complexity index is 1420. The normalized spacial score (nSPS) is 14.6. The lowest BCUT2D eigenvalue weighted by Gasteiger charge is -2.29. The van der Waals surface area contributed by atoms with Crippen LogP contribution in [0.25, 0.3) is 33.3 Å². The molecule has 176 valence electrons. The number of rotatable bonds is 3. The molecule has 8 heteroatoms. The van der Waals surface area contributed by atoms with Crippen LogP contribution in [0.15, 0.2) is 36.8 Å². The first-order chi connectivity index (χ1) is 16.2. The van der Waals surface area contributed by atoms with E-state index in [4.69, 9.17) is 9.84 Å². The topological polar surface area (TPSA) is 88.4 Å². The second kappa shape index (κ2) is 8.27. The first-order valence-electron chi connectivity index (χ1n) is 11.7. The maximum absolute atomic E-state index is 12.4. The van der Waals surface area contributed by atoms with Crippen LogP contribution in [0.4, 0.5) is 4.79 Å². The summed E-state index contributed by atoms with van der Waals surface area (Å²) in [5, 5.41) is 13.4. The number of ether oxygens (including phenoxy) is 1. The highest BCUT2D eigenvalue weighted by atomic mass is 16.6. The molecule has 1 aromatic carbocycles. The molecule has 0 radical (unpaired) electrons. The molecule has 0 atom stereocenters. The quantitative estimate of drug-likeness (QED) is 0.458. The second-order valence-corrected chi connectivity index (χ2v) is 9.83. The van der Waals surface area contributed by atoms with E-state index in [2.05, 4.69) is 53.3 Å². The summed E-state index contributed by atoms with van der Waals surface area (Å²) in [5.74, 6) is 0. The first kappa shape index (κ1) is 22.1. The van der Waals surface area contributed by atoms with Gasteiger partial charge in [-0.05, 0) is 74.9 Å². The molecule has 3 aromatic heterocycles. The zero-order valence-electron chi connectivity index (χ0n) is 20.3. The van der Waals surface area contributed by atoms with Crippen molar-refractivity contribution in [2.75, 3.05) is 13.1 Å². The molecule has 1 aliphatic heterocycles. The van der Waals surface area contributed by atoms with E-state index in [9.17, 15) is 4.79 Å². The maximum Gasteiger partial charge on any atom is 0.410 e. The average molecular weight is 459 g/mol. The smallest absolute Gasteiger partial charge is 0.410 e. The van der Waals surface area contributed by atoms with E-state index in [1.165, 1.54) is 5.56 Å². The number of aryl methyl sites for hydroxylation is 2. The van der Waals surface area contributed by atoms with Crippen molar-refractivity contribution in [2.24, 2.45) is 0 Å². The summed E-state index contributed by atoms with van der Waals surface area (Å²) in [7, 11) is 0. The van der Waals surface area contributed by atoms with Crippen molar-refractivity contribution in [3.63, 3.8) is 0 Å². The Morgan fingerprint density at radius 1 is 1.21 bits per heavy atom. The van der Waals surface area contributed by atoms with E-state index in [1.807, 2.05) is 31.5 Å². The zero-order valence-corrected chi connectivity index (χ0v) is 20.3.